The van der Waals surface area contributed by atoms with Crippen LogP contribution in [0.5, 0.6) is 11.5 Å². The number of para-hydroxylation sites is 1. The number of hydrogen-bond donors (Lipinski definition) is 2. The summed E-state index contributed by atoms with van der Waals surface area (Å²) >= 11 is 0. The Kier molecular flexibility index (Phi) is 12.1. The standard InChI is InChI=1S/C25H40N4O3.HI/c1-4-20(29-17-9-14-23(29)30)15-16-27-25(26-5-2)28-18-19-10-8-13-22(31-3)24(19)32-21-11-6-7-12-21;/h8,10,13,20-21H,4-7,9,11-12,14-18H2,1-3H3,(H2,26,27,28);1H. The third-order valence-electron chi connectivity index (χ3n) is 6.41. The van der Waals surface area contributed by atoms with Crippen molar-refractivity contribution >= 4 is 35.8 Å². The highest BCUT2D eigenvalue weighted by Gasteiger charge is 2.26. The van der Waals surface area contributed by atoms with Crippen LogP contribution in [0.15, 0.2) is 23.2 Å². The zero-order valence-electron chi connectivity index (χ0n) is 20.4. The summed E-state index contributed by atoms with van der Waals surface area (Å²) in [6.45, 7) is 7.19. The third-order valence-corrected chi connectivity index (χ3v) is 6.41. The van der Waals surface area contributed by atoms with Crippen LogP contribution in [0.4, 0.5) is 0 Å². The first-order valence-electron chi connectivity index (χ1n) is 12.3. The lowest BCUT2D eigenvalue weighted by atomic mass is 10.1. The molecule has 2 aliphatic rings. The van der Waals surface area contributed by atoms with Gasteiger partial charge in [0.25, 0.3) is 0 Å². The highest BCUT2D eigenvalue weighted by atomic mass is 127. The summed E-state index contributed by atoms with van der Waals surface area (Å²) in [7, 11) is 1.69. The van der Waals surface area contributed by atoms with Gasteiger partial charge < -0.3 is 25.0 Å². The topological polar surface area (TPSA) is 75.2 Å². The smallest absolute Gasteiger partial charge is 0.222 e. The molecule has 1 aliphatic carbocycles. The van der Waals surface area contributed by atoms with E-state index in [0.29, 0.717) is 24.9 Å². The lowest BCUT2D eigenvalue weighted by Crippen LogP contribution is -2.42. The quantitative estimate of drug-likeness (QED) is 0.233. The van der Waals surface area contributed by atoms with Crippen molar-refractivity contribution < 1.29 is 14.3 Å². The van der Waals surface area contributed by atoms with Crippen LogP contribution >= 0.6 is 24.0 Å². The maximum Gasteiger partial charge on any atom is 0.222 e. The Morgan fingerprint density at radius 1 is 1.21 bits per heavy atom. The van der Waals surface area contributed by atoms with E-state index in [1.165, 1.54) is 12.8 Å². The Morgan fingerprint density at radius 2 is 2.00 bits per heavy atom. The molecule has 2 N–H and O–H groups in total. The average molecular weight is 573 g/mol. The van der Waals surface area contributed by atoms with Gasteiger partial charge in [-0.15, -0.1) is 24.0 Å². The maximum atomic E-state index is 12.1. The molecule has 1 aliphatic heterocycles. The second-order valence-corrected chi connectivity index (χ2v) is 8.64. The molecule has 33 heavy (non-hydrogen) atoms. The highest BCUT2D eigenvalue weighted by Crippen LogP contribution is 2.35. The van der Waals surface area contributed by atoms with Crippen molar-refractivity contribution in [1.29, 1.82) is 0 Å². The number of nitrogens with one attached hydrogen (secondary N) is 2. The van der Waals surface area contributed by atoms with Crippen LogP contribution in [-0.2, 0) is 11.3 Å². The minimum atomic E-state index is 0. The SMILES string of the molecule is CCNC(=NCc1cccc(OC)c1OC1CCCC1)NCCC(CC)N1CCCC1=O.I. The van der Waals surface area contributed by atoms with Crippen LogP contribution < -0.4 is 20.1 Å². The Balaban J connectivity index is 0.00000385. The summed E-state index contributed by atoms with van der Waals surface area (Å²) in [6, 6.07) is 6.30. The number of methoxy groups -OCH3 is 1. The molecule has 1 heterocycles. The summed E-state index contributed by atoms with van der Waals surface area (Å²) in [5, 5.41) is 6.77. The van der Waals surface area contributed by atoms with E-state index in [0.717, 1.165) is 74.8 Å². The van der Waals surface area contributed by atoms with Gasteiger partial charge in [-0.1, -0.05) is 19.1 Å². The van der Waals surface area contributed by atoms with Crippen molar-refractivity contribution in [3.8, 4) is 11.5 Å². The van der Waals surface area contributed by atoms with Crippen LogP contribution in [-0.4, -0.2) is 55.7 Å². The molecule has 1 atom stereocenters. The van der Waals surface area contributed by atoms with Gasteiger partial charge in [0.2, 0.25) is 5.91 Å². The fraction of sp³-hybridized carbons (Fsp3) is 0.680. The minimum Gasteiger partial charge on any atom is -0.493 e. The molecule has 1 aromatic carbocycles. The minimum absolute atomic E-state index is 0. The van der Waals surface area contributed by atoms with Gasteiger partial charge in [0.1, 0.15) is 0 Å². The van der Waals surface area contributed by atoms with E-state index in [2.05, 4.69) is 35.4 Å². The monoisotopic (exact) mass is 572 g/mol. The number of rotatable bonds is 11. The van der Waals surface area contributed by atoms with Gasteiger partial charge in [-0.25, -0.2) is 4.99 Å². The molecular formula is C25H41IN4O3. The van der Waals surface area contributed by atoms with Gasteiger partial charge in [-0.05, 0) is 57.9 Å². The summed E-state index contributed by atoms with van der Waals surface area (Å²) < 4.78 is 11.9. The van der Waals surface area contributed by atoms with Gasteiger partial charge in [0.05, 0.1) is 19.8 Å². The molecule has 1 unspecified atom stereocenters. The Hall–Kier alpha value is -1.71. The van der Waals surface area contributed by atoms with Crippen molar-refractivity contribution in [2.45, 2.75) is 83.9 Å². The zero-order valence-corrected chi connectivity index (χ0v) is 22.7. The first-order valence-corrected chi connectivity index (χ1v) is 12.3. The lowest BCUT2D eigenvalue weighted by Gasteiger charge is -2.27. The van der Waals surface area contributed by atoms with Gasteiger partial charge >= 0.3 is 0 Å². The first-order chi connectivity index (χ1) is 15.7. The van der Waals surface area contributed by atoms with Gasteiger partial charge in [0, 0.05) is 37.7 Å². The van der Waals surface area contributed by atoms with Crippen molar-refractivity contribution in [3.05, 3.63) is 23.8 Å². The number of nitrogens with zero attached hydrogens (tertiary/aromatic N) is 2. The van der Waals surface area contributed by atoms with Crippen molar-refractivity contribution in [1.82, 2.24) is 15.5 Å². The van der Waals surface area contributed by atoms with Crippen LogP contribution in [0.3, 0.4) is 0 Å². The number of halogens is 1. The van der Waals surface area contributed by atoms with Gasteiger partial charge in [-0.2, -0.15) is 0 Å². The predicted molar refractivity (Wildman–Crippen MR) is 144 cm³/mol. The molecule has 0 spiro atoms. The number of hydrogen-bond acceptors (Lipinski definition) is 4. The molecule has 2 fully saturated rings. The molecule has 1 amide bonds. The Bertz CT molecular complexity index is 768. The molecule has 7 nitrogen and oxygen atoms in total. The Morgan fingerprint density at radius 3 is 2.64 bits per heavy atom. The molecule has 1 saturated heterocycles. The van der Waals surface area contributed by atoms with E-state index in [9.17, 15) is 4.79 Å². The largest absolute Gasteiger partial charge is 0.493 e. The first kappa shape index (κ1) is 27.5. The second-order valence-electron chi connectivity index (χ2n) is 8.64. The average Bonchev–Trinajstić information content (AvgIpc) is 3.47. The number of benzene rings is 1. The van der Waals surface area contributed by atoms with Crippen molar-refractivity contribution in [2.75, 3.05) is 26.7 Å². The predicted octanol–water partition coefficient (Wildman–Crippen LogP) is 4.48. The van der Waals surface area contributed by atoms with Crippen LogP contribution in [0.1, 0.15) is 70.8 Å². The normalized spacial score (nSPS) is 17.6. The van der Waals surface area contributed by atoms with E-state index in [4.69, 9.17) is 14.5 Å². The third kappa shape index (κ3) is 7.93. The maximum absolute atomic E-state index is 12.1. The van der Waals surface area contributed by atoms with Gasteiger partial charge in [-0.3, -0.25) is 4.79 Å². The fourth-order valence-electron chi connectivity index (χ4n) is 4.65. The van der Waals surface area contributed by atoms with Crippen LogP contribution in [0.25, 0.3) is 0 Å². The second kappa shape index (κ2) is 14.5. The van der Waals surface area contributed by atoms with E-state index in [1.54, 1.807) is 7.11 Å². The van der Waals surface area contributed by atoms with Crippen LogP contribution in [0.2, 0.25) is 0 Å². The van der Waals surface area contributed by atoms with Gasteiger partial charge in [0.15, 0.2) is 17.5 Å². The number of ether oxygens (including phenoxy) is 2. The lowest BCUT2D eigenvalue weighted by molar-refractivity contribution is -0.129. The molecule has 0 radical (unpaired) electrons. The van der Waals surface area contributed by atoms with E-state index >= 15 is 0 Å². The summed E-state index contributed by atoms with van der Waals surface area (Å²) in [5.74, 6) is 2.67. The number of aliphatic imine (C=N–C) groups is 1. The molecule has 0 bridgehead atoms. The molecule has 1 saturated carbocycles. The summed E-state index contributed by atoms with van der Waals surface area (Å²) in [6.07, 6.45) is 8.49. The van der Waals surface area contributed by atoms with E-state index in [1.807, 2.05) is 12.1 Å². The van der Waals surface area contributed by atoms with E-state index < -0.39 is 0 Å². The number of amides is 1. The summed E-state index contributed by atoms with van der Waals surface area (Å²) in [4.78, 5) is 18.9. The number of carbonyl (C=O) groups is 1. The molecular weight excluding hydrogens is 531 g/mol. The molecule has 1 aromatic rings. The zero-order chi connectivity index (χ0) is 22.8. The Labute approximate surface area is 216 Å². The summed E-state index contributed by atoms with van der Waals surface area (Å²) in [5.41, 5.74) is 1.03. The molecule has 8 heteroatoms. The van der Waals surface area contributed by atoms with E-state index in [-0.39, 0.29) is 30.1 Å². The fourth-order valence-corrected chi connectivity index (χ4v) is 4.65. The number of likely N-dealkylation sites (tertiary alicyclic amines) is 1. The van der Waals surface area contributed by atoms with Crippen molar-refractivity contribution in [3.63, 3.8) is 0 Å². The highest BCUT2D eigenvalue weighted by molar-refractivity contribution is 14.0. The number of guanidine groups is 1. The molecule has 186 valence electrons. The van der Waals surface area contributed by atoms with Crippen LogP contribution in [0, 0.1) is 0 Å². The molecule has 0 aromatic heterocycles. The number of carbonyl (C=O) groups excluding carboxylic acids is 1. The van der Waals surface area contributed by atoms with Crippen molar-refractivity contribution in [2.24, 2.45) is 4.99 Å². The molecule has 3 rings (SSSR count).